The second-order valence-electron chi connectivity index (χ2n) is 4.87. The number of aromatic nitrogens is 2. The van der Waals surface area contributed by atoms with E-state index in [1.54, 1.807) is 0 Å². The third-order valence-electron chi connectivity index (χ3n) is 3.38. The molecular formula is C16H17N3. The molecule has 3 nitrogen and oxygen atoms in total. The fraction of sp³-hybridized carbons (Fsp3) is 0.188. The van der Waals surface area contributed by atoms with Crippen LogP contribution in [0.2, 0.25) is 0 Å². The van der Waals surface area contributed by atoms with Crippen LogP contribution in [0.25, 0.3) is 5.52 Å². The van der Waals surface area contributed by atoms with Crippen molar-refractivity contribution in [2.45, 2.75) is 19.9 Å². The third-order valence-corrected chi connectivity index (χ3v) is 3.38. The molecule has 3 rings (SSSR count). The lowest BCUT2D eigenvalue weighted by Gasteiger charge is -2.04. The number of hydrogen-bond acceptors (Lipinski definition) is 2. The minimum atomic E-state index is 0.554. The van der Waals surface area contributed by atoms with E-state index in [2.05, 4.69) is 52.8 Å². The first-order valence-electron chi connectivity index (χ1n) is 6.47. The number of hydrogen-bond donors (Lipinski definition) is 1. The molecule has 2 aromatic heterocycles. The number of imidazole rings is 1. The third kappa shape index (κ3) is 2.37. The number of nitrogens with two attached hydrogens (primary N) is 1. The summed E-state index contributed by atoms with van der Waals surface area (Å²) in [6.45, 7) is 2.65. The monoisotopic (exact) mass is 251 g/mol. The van der Waals surface area contributed by atoms with Crippen LogP contribution in [0.3, 0.4) is 0 Å². The fourth-order valence-corrected chi connectivity index (χ4v) is 2.23. The Morgan fingerprint density at radius 1 is 1.05 bits per heavy atom. The van der Waals surface area contributed by atoms with Gasteiger partial charge < -0.3 is 10.1 Å². The quantitative estimate of drug-likeness (QED) is 0.777. The Morgan fingerprint density at radius 3 is 2.53 bits per heavy atom. The summed E-state index contributed by atoms with van der Waals surface area (Å²) in [5.74, 6) is 1.05. The molecule has 1 aromatic carbocycles. The average molecular weight is 251 g/mol. The second kappa shape index (κ2) is 4.86. The number of nitrogens with zero attached hydrogens (tertiary/aromatic N) is 2. The standard InChI is InChI=1S/C16H17N3/c1-12-2-4-13(5-3-12)8-16-18-10-15-7-6-14(9-17)11-19(15)16/h2-7,10-11H,8-9,17H2,1H3. The molecule has 0 fully saturated rings. The van der Waals surface area contributed by atoms with Gasteiger partial charge in [-0.2, -0.15) is 0 Å². The molecule has 3 heteroatoms. The Hall–Kier alpha value is -2.13. The smallest absolute Gasteiger partial charge is 0.117 e. The summed E-state index contributed by atoms with van der Waals surface area (Å²) < 4.78 is 2.13. The molecule has 0 amide bonds. The molecule has 0 unspecified atom stereocenters. The van der Waals surface area contributed by atoms with Gasteiger partial charge in [-0.15, -0.1) is 0 Å². The van der Waals surface area contributed by atoms with Gasteiger partial charge in [-0.3, -0.25) is 0 Å². The molecule has 0 aliphatic rings. The molecule has 0 saturated heterocycles. The first-order valence-corrected chi connectivity index (χ1v) is 6.47. The van der Waals surface area contributed by atoms with E-state index in [1.165, 1.54) is 11.1 Å². The Labute approximate surface area is 112 Å². The van der Waals surface area contributed by atoms with Gasteiger partial charge in [0.2, 0.25) is 0 Å². The first-order chi connectivity index (χ1) is 9.26. The van der Waals surface area contributed by atoms with Crippen LogP contribution in [0.5, 0.6) is 0 Å². The Balaban J connectivity index is 1.98. The Bertz CT molecular complexity index is 696. The maximum atomic E-state index is 5.70. The number of pyridine rings is 1. The summed E-state index contributed by atoms with van der Waals surface area (Å²) in [5.41, 5.74) is 10.5. The van der Waals surface area contributed by atoms with Gasteiger partial charge in [0.25, 0.3) is 0 Å². The van der Waals surface area contributed by atoms with E-state index in [9.17, 15) is 0 Å². The molecule has 3 aromatic rings. The highest BCUT2D eigenvalue weighted by atomic mass is 15.0. The molecule has 2 heterocycles. The zero-order valence-corrected chi connectivity index (χ0v) is 11.0. The van der Waals surface area contributed by atoms with Crippen LogP contribution in [-0.4, -0.2) is 9.38 Å². The van der Waals surface area contributed by atoms with Crippen LogP contribution in [-0.2, 0) is 13.0 Å². The van der Waals surface area contributed by atoms with Crippen molar-refractivity contribution < 1.29 is 0 Å². The van der Waals surface area contributed by atoms with Crippen molar-refractivity contribution in [1.82, 2.24) is 9.38 Å². The largest absolute Gasteiger partial charge is 0.326 e. The molecule has 19 heavy (non-hydrogen) atoms. The second-order valence-corrected chi connectivity index (χ2v) is 4.87. The fourth-order valence-electron chi connectivity index (χ4n) is 2.23. The van der Waals surface area contributed by atoms with Gasteiger partial charge >= 0.3 is 0 Å². The van der Waals surface area contributed by atoms with Crippen molar-refractivity contribution >= 4 is 5.52 Å². The van der Waals surface area contributed by atoms with Gasteiger partial charge in [-0.25, -0.2) is 4.98 Å². The van der Waals surface area contributed by atoms with Crippen LogP contribution in [0.15, 0.2) is 48.8 Å². The lowest BCUT2D eigenvalue weighted by atomic mass is 10.1. The van der Waals surface area contributed by atoms with Gasteiger partial charge in [0, 0.05) is 19.2 Å². The molecule has 96 valence electrons. The topological polar surface area (TPSA) is 43.3 Å². The van der Waals surface area contributed by atoms with Crippen LogP contribution in [0.4, 0.5) is 0 Å². The van der Waals surface area contributed by atoms with E-state index in [0.29, 0.717) is 6.54 Å². The lowest BCUT2D eigenvalue weighted by molar-refractivity contribution is 0.939. The minimum Gasteiger partial charge on any atom is -0.326 e. The minimum absolute atomic E-state index is 0.554. The van der Waals surface area contributed by atoms with E-state index in [0.717, 1.165) is 23.3 Å². The zero-order chi connectivity index (χ0) is 13.2. The molecular weight excluding hydrogens is 234 g/mol. The summed E-state index contributed by atoms with van der Waals surface area (Å²) in [7, 11) is 0. The van der Waals surface area contributed by atoms with E-state index >= 15 is 0 Å². The van der Waals surface area contributed by atoms with Crippen molar-refractivity contribution in [3.05, 3.63) is 71.3 Å². The highest BCUT2D eigenvalue weighted by Crippen LogP contribution is 2.13. The van der Waals surface area contributed by atoms with Gasteiger partial charge in [-0.05, 0) is 24.1 Å². The van der Waals surface area contributed by atoms with E-state index in [-0.39, 0.29) is 0 Å². The van der Waals surface area contributed by atoms with E-state index in [1.807, 2.05) is 12.3 Å². The molecule has 0 spiro atoms. The summed E-state index contributed by atoms with van der Waals surface area (Å²) >= 11 is 0. The van der Waals surface area contributed by atoms with Crippen LogP contribution in [0, 0.1) is 6.92 Å². The van der Waals surface area contributed by atoms with Gasteiger partial charge in [-0.1, -0.05) is 35.9 Å². The molecule has 0 aliphatic carbocycles. The molecule has 2 N–H and O–H groups in total. The van der Waals surface area contributed by atoms with Crippen molar-refractivity contribution in [1.29, 1.82) is 0 Å². The molecule has 0 radical (unpaired) electrons. The van der Waals surface area contributed by atoms with Gasteiger partial charge in [0.05, 0.1) is 11.7 Å². The molecule has 0 bridgehead atoms. The van der Waals surface area contributed by atoms with Crippen LogP contribution >= 0.6 is 0 Å². The summed E-state index contributed by atoms with van der Waals surface area (Å²) in [4.78, 5) is 4.51. The first kappa shape index (κ1) is 11.9. The normalized spacial score (nSPS) is 11.1. The van der Waals surface area contributed by atoms with E-state index in [4.69, 9.17) is 5.73 Å². The van der Waals surface area contributed by atoms with E-state index < -0.39 is 0 Å². The Kier molecular flexibility index (Phi) is 3.05. The molecule has 0 atom stereocenters. The summed E-state index contributed by atoms with van der Waals surface area (Å²) in [5, 5.41) is 0. The molecule has 0 aliphatic heterocycles. The van der Waals surface area contributed by atoms with Crippen molar-refractivity contribution in [3.8, 4) is 0 Å². The Morgan fingerprint density at radius 2 is 1.79 bits per heavy atom. The maximum absolute atomic E-state index is 5.70. The predicted molar refractivity (Wildman–Crippen MR) is 77.1 cm³/mol. The van der Waals surface area contributed by atoms with Gasteiger partial charge in [0.15, 0.2) is 0 Å². The summed E-state index contributed by atoms with van der Waals surface area (Å²) in [6.07, 6.45) is 4.82. The SMILES string of the molecule is Cc1ccc(Cc2ncc3ccc(CN)cn23)cc1. The lowest BCUT2D eigenvalue weighted by Crippen LogP contribution is -2.01. The van der Waals surface area contributed by atoms with Gasteiger partial charge in [0.1, 0.15) is 5.82 Å². The molecule has 0 saturated carbocycles. The predicted octanol–water partition coefficient (Wildman–Crippen LogP) is 2.69. The number of aryl methyl sites for hydroxylation is 1. The van der Waals surface area contributed by atoms with Crippen molar-refractivity contribution in [2.24, 2.45) is 5.73 Å². The van der Waals surface area contributed by atoms with Crippen molar-refractivity contribution in [3.63, 3.8) is 0 Å². The van der Waals surface area contributed by atoms with Crippen LogP contribution in [0.1, 0.15) is 22.5 Å². The zero-order valence-electron chi connectivity index (χ0n) is 11.0. The highest BCUT2D eigenvalue weighted by molar-refractivity contribution is 5.47. The highest BCUT2D eigenvalue weighted by Gasteiger charge is 2.05. The maximum Gasteiger partial charge on any atom is 0.117 e. The number of rotatable bonds is 3. The average Bonchev–Trinajstić information content (AvgIpc) is 2.84. The van der Waals surface area contributed by atoms with Crippen molar-refractivity contribution in [2.75, 3.05) is 0 Å². The number of benzene rings is 1. The van der Waals surface area contributed by atoms with Crippen LogP contribution < -0.4 is 5.73 Å². The number of fused-ring (bicyclic) bond motifs is 1. The summed E-state index contributed by atoms with van der Waals surface area (Å²) in [6, 6.07) is 12.7.